The van der Waals surface area contributed by atoms with E-state index in [0.29, 0.717) is 25.2 Å². The first-order valence-corrected chi connectivity index (χ1v) is 5.01. The van der Waals surface area contributed by atoms with Crippen LogP contribution in [0.4, 0.5) is 0 Å². The molecule has 0 aromatic heterocycles. The molecule has 1 aliphatic rings. The van der Waals surface area contributed by atoms with Crippen LogP contribution in [0.3, 0.4) is 0 Å². The number of ether oxygens (including phenoxy) is 2. The van der Waals surface area contributed by atoms with Gasteiger partial charge in [-0.25, -0.2) is 4.79 Å². The van der Waals surface area contributed by atoms with Crippen molar-refractivity contribution in [2.75, 3.05) is 6.61 Å². The molecule has 84 valence electrons. The van der Waals surface area contributed by atoms with Crippen molar-refractivity contribution in [1.82, 2.24) is 0 Å². The van der Waals surface area contributed by atoms with Crippen molar-refractivity contribution >= 4 is 11.9 Å². The number of esters is 2. The lowest BCUT2D eigenvalue weighted by molar-refractivity contribution is -0.146. The van der Waals surface area contributed by atoms with E-state index in [1.54, 1.807) is 6.92 Å². The molecular weight excluding hydrogens is 196 g/mol. The summed E-state index contributed by atoms with van der Waals surface area (Å²) in [6, 6.07) is 0. The minimum atomic E-state index is -0.460. The van der Waals surface area contributed by atoms with E-state index in [0.717, 1.165) is 0 Å². The monoisotopic (exact) mass is 212 g/mol. The number of carbonyl (C=O) groups is 2. The molecule has 4 heteroatoms. The highest BCUT2D eigenvalue weighted by molar-refractivity contribution is 5.83. The third kappa shape index (κ3) is 3.73. The number of hydrogen-bond donors (Lipinski definition) is 0. The Bertz CT molecular complexity index is 302. The zero-order valence-electron chi connectivity index (χ0n) is 9.33. The van der Waals surface area contributed by atoms with Gasteiger partial charge in [0.25, 0.3) is 0 Å². The number of allylic oxidation sites excluding steroid dienone is 1. The van der Waals surface area contributed by atoms with Crippen molar-refractivity contribution in [3.8, 4) is 0 Å². The second kappa shape index (κ2) is 4.47. The van der Waals surface area contributed by atoms with E-state index in [1.807, 2.05) is 13.8 Å². The molecule has 0 aliphatic carbocycles. The minimum Gasteiger partial charge on any atom is -0.463 e. The van der Waals surface area contributed by atoms with Crippen LogP contribution in [0.1, 0.15) is 33.6 Å². The van der Waals surface area contributed by atoms with Gasteiger partial charge in [-0.3, -0.25) is 4.79 Å². The maximum atomic E-state index is 11.2. The van der Waals surface area contributed by atoms with Crippen molar-refractivity contribution < 1.29 is 19.1 Å². The fourth-order valence-electron chi connectivity index (χ4n) is 1.54. The van der Waals surface area contributed by atoms with Gasteiger partial charge in [0.1, 0.15) is 5.76 Å². The lowest BCUT2D eigenvalue weighted by Gasteiger charge is -2.29. The van der Waals surface area contributed by atoms with Crippen molar-refractivity contribution in [3.63, 3.8) is 0 Å². The minimum absolute atomic E-state index is 0.145. The summed E-state index contributed by atoms with van der Waals surface area (Å²) in [5, 5.41) is 0. The van der Waals surface area contributed by atoms with Gasteiger partial charge in [0.2, 0.25) is 0 Å². The summed E-state index contributed by atoms with van der Waals surface area (Å²) < 4.78 is 9.70. The molecule has 0 N–H and O–H groups in total. The number of carbonyl (C=O) groups excluding carboxylic acids is 2. The number of hydrogen-bond acceptors (Lipinski definition) is 4. The van der Waals surface area contributed by atoms with Crippen LogP contribution in [0.25, 0.3) is 0 Å². The number of rotatable bonds is 2. The molecular formula is C11H16O4. The van der Waals surface area contributed by atoms with E-state index in [1.165, 1.54) is 6.08 Å². The van der Waals surface area contributed by atoms with Crippen molar-refractivity contribution in [3.05, 3.63) is 11.8 Å². The molecule has 1 rings (SSSR count). The zero-order valence-corrected chi connectivity index (χ0v) is 9.33. The van der Waals surface area contributed by atoms with Crippen LogP contribution in [0.15, 0.2) is 11.8 Å². The van der Waals surface area contributed by atoms with E-state index in [-0.39, 0.29) is 11.4 Å². The van der Waals surface area contributed by atoms with Crippen LogP contribution < -0.4 is 0 Å². The Hall–Kier alpha value is -1.32. The predicted molar refractivity (Wildman–Crippen MR) is 53.8 cm³/mol. The summed E-state index contributed by atoms with van der Waals surface area (Å²) in [4.78, 5) is 22.4. The molecule has 1 fully saturated rings. The SMILES string of the molecule is CCOC(=O)C=C1CC(C)(C)CC(=O)O1. The van der Waals surface area contributed by atoms with E-state index in [4.69, 9.17) is 9.47 Å². The van der Waals surface area contributed by atoms with Crippen LogP contribution >= 0.6 is 0 Å². The third-order valence-corrected chi connectivity index (χ3v) is 2.09. The highest BCUT2D eigenvalue weighted by Crippen LogP contribution is 2.34. The van der Waals surface area contributed by atoms with Crippen LogP contribution in [-0.2, 0) is 19.1 Å². The standard InChI is InChI=1S/C11H16O4/c1-4-14-9(12)5-8-6-11(2,3)7-10(13)15-8/h5H,4,6-7H2,1-3H3. The summed E-state index contributed by atoms with van der Waals surface area (Å²) in [5.41, 5.74) is -0.145. The van der Waals surface area contributed by atoms with Gasteiger partial charge in [-0.2, -0.15) is 0 Å². The third-order valence-electron chi connectivity index (χ3n) is 2.09. The molecule has 0 aromatic carbocycles. The fourth-order valence-corrected chi connectivity index (χ4v) is 1.54. The fraction of sp³-hybridized carbons (Fsp3) is 0.636. The lowest BCUT2D eigenvalue weighted by Crippen LogP contribution is -2.26. The summed E-state index contributed by atoms with van der Waals surface area (Å²) >= 11 is 0. The molecule has 0 spiro atoms. The highest BCUT2D eigenvalue weighted by atomic mass is 16.5. The lowest BCUT2D eigenvalue weighted by atomic mass is 9.83. The van der Waals surface area contributed by atoms with Crippen LogP contribution in [0.2, 0.25) is 0 Å². The van der Waals surface area contributed by atoms with Crippen molar-refractivity contribution in [2.45, 2.75) is 33.6 Å². The van der Waals surface area contributed by atoms with Gasteiger partial charge in [-0.1, -0.05) is 13.8 Å². The summed E-state index contributed by atoms with van der Waals surface area (Å²) in [7, 11) is 0. The maximum Gasteiger partial charge on any atom is 0.334 e. The summed E-state index contributed by atoms with van der Waals surface area (Å²) in [6.45, 7) is 5.98. The Morgan fingerprint density at radius 2 is 2.20 bits per heavy atom. The normalized spacial score (nSPS) is 22.3. The molecule has 1 aliphatic heterocycles. The molecule has 0 bridgehead atoms. The van der Waals surface area contributed by atoms with Crippen LogP contribution in [0.5, 0.6) is 0 Å². The Morgan fingerprint density at radius 1 is 1.53 bits per heavy atom. The molecule has 0 unspecified atom stereocenters. The van der Waals surface area contributed by atoms with Gasteiger partial charge in [-0.05, 0) is 12.3 Å². The average molecular weight is 212 g/mol. The van der Waals surface area contributed by atoms with Gasteiger partial charge >= 0.3 is 11.9 Å². The Labute approximate surface area is 89.2 Å². The quantitative estimate of drug-likeness (QED) is 0.517. The maximum absolute atomic E-state index is 11.2. The largest absolute Gasteiger partial charge is 0.463 e. The van der Waals surface area contributed by atoms with Crippen molar-refractivity contribution in [1.29, 1.82) is 0 Å². The predicted octanol–water partition coefficient (Wildman–Crippen LogP) is 1.80. The summed E-state index contributed by atoms with van der Waals surface area (Å²) in [6.07, 6.45) is 2.22. The molecule has 0 amide bonds. The topological polar surface area (TPSA) is 52.6 Å². The van der Waals surface area contributed by atoms with E-state index in [9.17, 15) is 9.59 Å². The number of cyclic esters (lactones) is 1. The van der Waals surface area contributed by atoms with Gasteiger partial charge in [-0.15, -0.1) is 0 Å². The van der Waals surface area contributed by atoms with Crippen LogP contribution in [-0.4, -0.2) is 18.5 Å². The molecule has 1 heterocycles. The molecule has 4 nitrogen and oxygen atoms in total. The average Bonchev–Trinajstić information content (AvgIpc) is 1.99. The second-order valence-corrected chi connectivity index (χ2v) is 4.35. The molecule has 0 saturated carbocycles. The van der Waals surface area contributed by atoms with Gasteiger partial charge in [0.05, 0.1) is 19.1 Å². The summed E-state index contributed by atoms with van der Waals surface area (Å²) in [5.74, 6) is -0.352. The van der Waals surface area contributed by atoms with Gasteiger partial charge in [0.15, 0.2) is 0 Å². The van der Waals surface area contributed by atoms with Gasteiger partial charge in [0, 0.05) is 6.42 Å². The Morgan fingerprint density at radius 3 is 2.73 bits per heavy atom. The second-order valence-electron chi connectivity index (χ2n) is 4.35. The Balaban J connectivity index is 2.70. The first-order valence-electron chi connectivity index (χ1n) is 5.01. The first-order chi connectivity index (χ1) is 6.93. The molecule has 0 aromatic rings. The van der Waals surface area contributed by atoms with Crippen LogP contribution in [0, 0.1) is 5.41 Å². The van der Waals surface area contributed by atoms with Crippen molar-refractivity contribution in [2.24, 2.45) is 5.41 Å². The smallest absolute Gasteiger partial charge is 0.334 e. The van der Waals surface area contributed by atoms with E-state index in [2.05, 4.69) is 0 Å². The molecule has 0 radical (unpaired) electrons. The van der Waals surface area contributed by atoms with E-state index >= 15 is 0 Å². The van der Waals surface area contributed by atoms with Gasteiger partial charge < -0.3 is 9.47 Å². The van der Waals surface area contributed by atoms with E-state index < -0.39 is 5.97 Å². The molecule has 1 saturated heterocycles. The molecule has 0 atom stereocenters. The highest BCUT2D eigenvalue weighted by Gasteiger charge is 2.31. The first kappa shape index (κ1) is 11.8. The Kier molecular flexibility index (Phi) is 3.50. The molecule has 15 heavy (non-hydrogen) atoms. The zero-order chi connectivity index (χ0) is 11.5.